The van der Waals surface area contributed by atoms with Crippen LogP contribution in [0.4, 0.5) is 5.69 Å². The summed E-state index contributed by atoms with van der Waals surface area (Å²) in [5.74, 6) is 1.27. The van der Waals surface area contributed by atoms with Gasteiger partial charge >= 0.3 is 0 Å². The average Bonchev–Trinajstić information content (AvgIpc) is 2.89. The van der Waals surface area contributed by atoms with Gasteiger partial charge in [-0.1, -0.05) is 31.5 Å². The molecule has 0 unspecified atom stereocenters. The molecule has 1 aromatic heterocycles. The van der Waals surface area contributed by atoms with Crippen LogP contribution < -0.4 is 5.32 Å². The Labute approximate surface area is 158 Å². The number of benzene rings is 2. The van der Waals surface area contributed by atoms with Crippen LogP contribution in [0.5, 0.6) is 5.75 Å². The van der Waals surface area contributed by atoms with Crippen molar-refractivity contribution in [1.82, 2.24) is 0 Å². The third kappa shape index (κ3) is 3.62. The van der Waals surface area contributed by atoms with Crippen LogP contribution in [0.15, 0.2) is 49.8 Å². The normalized spacial score (nSPS) is 11.1. The van der Waals surface area contributed by atoms with E-state index in [0.717, 1.165) is 50.6 Å². The molecule has 1 heterocycles. The van der Waals surface area contributed by atoms with E-state index >= 15 is 0 Å². The first-order valence-electron chi connectivity index (χ1n) is 8.01. The number of rotatable bonds is 6. The van der Waals surface area contributed by atoms with Crippen molar-refractivity contribution in [2.75, 3.05) is 5.32 Å². The lowest BCUT2D eigenvalue weighted by molar-refractivity contribution is 0.474. The molecule has 2 N–H and O–H groups in total. The Kier molecular flexibility index (Phi) is 5.51. The van der Waals surface area contributed by atoms with E-state index in [1.54, 1.807) is 12.1 Å². The molecule has 0 amide bonds. The van der Waals surface area contributed by atoms with Crippen LogP contribution in [0.1, 0.15) is 31.1 Å². The molecule has 0 fully saturated rings. The number of aromatic hydroxyl groups is 1. The first kappa shape index (κ1) is 17.4. The van der Waals surface area contributed by atoms with E-state index in [4.69, 9.17) is 4.42 Å². The molecule has 0 bridgehead atoms. The third-order valence-electron chi connectivity index (χ3n) is 4.01. The molecule has 0 aliphatic heterocycles. The number of phenolic OH excluding ortho intramolecular Hbond substituents is 1. The van der Waals surface area contributed by atoms with Crippen molar-refractivity contribution in [1.29, 1.82) is 0 Å². The van der Waals surface area contributed by atoms with Crippen LogP contribution in [-0.2, 0) is 13.0 Å². The number of fused-ring (bicyclic) bond motifs is 1. The third-order valence-corrected chi connectivity index (χ3v) is 5.26. The van der Waals surface area contributed by atoms with Gasteiger partial charge in [0.2, 0.25) is 0 Å². The van der Waals surface area contributed by atoms with Gasteiger partial charge in [0, 0.05) is 32.9 Å². The van der Waals surface area contributed by atoms with Crippen LogP contribution in [0.3, 0.4) is 0 Å². The SMILES string of the molecule is CCCCc1oc2ccccc2c1CNc1c(Br)cc(O)cc1Br. The zero-order valence-corrected chi connectivity index (χ0v) is 16.6. The second-order valence-corrected chi connectivity index (χ2v) is 7.45. The van der Waals surface area contributed by atoms with Gasteiger partial charge in [-0.25, -0.2) is 0 Å². The average molecular weight is 453 g/mol. The molecule has 0 saturated carbocycles. The minimum absolute atomic E-state index is 0.219. The Morgan fingerprint density at radius 3 is 2.54 bits per heavy atom. The zero-order chi connectivity index (χ0) is 17.1. The van der Waals surface area contributed by atoms with E-state index in [1.807, 2.05) is 18.2 Å². The van der Waals surface area contributed by atoms with E-state index < -0.39 is 0 Å². The van der Waals surface area contributed by atoms with Gasteiger partial charge in [-0.3, -0.25) is 0 Å². The number of anilines is 1. The van der Waals surface area contributed by atoms with Crippen molar-refractivity contribution in [2.45, 2.75) is 32.7 Å². The highest BCUT2D eigenvalue weighted by Gasteiger charge is 2.15. The van der Waals surface area contributed by atoms with Crippen LogP contribution in [-0.4, -0.2) is 5.11 Å². The maximum atomic E-state index is 9.65. The maximum absolute atomic E-state index is 9.65. The number of hydrogen-bond donors (Lipinski definition) is 2. The lowest BCUT2D eigenvalue weighted by Gasteiger charge is -2.12. The van der Waals surface area contributed by atoms with Gasteiger partial charge in [-0.15, -0.1) is 0 Å². The van der Waals surface area contributed by atoms with Crippen molar-refractivity contribution in [3.63, 3.8) is 0 Å². The van der Waals surface area contributed by atoms with Crippen molar-refractivity contribution in [3.8, 4) is 5.75 Å². The molecule has 0 spiro atoms. The predicted octanol–water partition coefficient (Wildman–Crippen LogP) is 6.62. The fourth-order valence-corrected chi connectivity index (χ4v) is 4.23. The summed E-state index contributed by atoms with van der Waals surface area (Å²) in [6, 6.07) is 11.5. The van der Waals surface area contributed by atoms with Gasteiger partial charge in [0.1, 0.15) is 17.1 Å². The summed E-state index contributed by atoms with van der Waals surface area (Å²) in [7, 11) is 0. The number of unbranched alkanes of at least 4 members (excludes halogenated alkanes) is 1. The van der Waals surface area contributed by atoms with E-state index in [0.29, 0.717) is 6.54 Å². The number of halogens is 2. The number of nitrogens with one attached hydrogen (secondary N) is 1. The smallest absolute Gasteiger partial charge is 0.134 e. The van der Waals surface area contributed by atoms with Gasteiger partial charge in [0.15, 0.2) is 0 Å². The summed E-state index contributed by atoms with van der Waals surface area (Å²) >= 11 is 6.99. The van der Waals surface area contributed by atoms with E-state index in [1.165, 1.54) is 5.56 Å². The standard InChI is InChI=1S/C19H19Br2NO2/c1-2-3-7-18-14(13-6-4-5-8-17(13)24-18)11-22-19-15(20)9-12(23)10-16(19)21/h4-6,8-10,22-23H,2-3,7,11H2,1H3. The molecule has 0 saturated heterocycles. The van der Waals surface area contributed by atoms with Gasteiger partial charge in [-0.2, -0.15) is 0 Å². The Morgan fingerprint density at radius 1 is 1.12 bits per heavy atom. The van der Waals surface area contributed by atoms with Crippen molar-refractivity contribution in [2.24, 2.45) is 0 Å². The Balaban J connectivity index is 1.92. The quantitative estimate of drug-likeness (QED) is 0.413. The number of phenols is 1. The zero-order valence-electron chi connectivity index (χ0n) is 13.4. The summed E-state index contributed by atoms with van der Waals surface area (Å²) in [4.78, 5) is 0. The molecule has 0 atom stereocenters. The van der Waals surface area contributed by atoms with Crippen molar-refractivity contribution in [3.05, 3.63) is 56.7 Å². The van der Waals surface area contributed by atoms with Gasteiger partial charge in [0.05, 0.1) is 5.69 Å². The van der Waals surface area contributed by atoms with Crippen LogP contribution in [0.2, 0.25) is 0 Å². The lowest BCUT2D eigenvalue weighted by Crippen LogP contribution is -2.03. The number of para-hydroxylation sites is 1. The highest BCUT2D eigenvalue weighted by atomic mass is 79.9. The summed E-state index contributed by atoms with van der Waals surface area (Å²) in [6.45, 7) is 2.85. The minimum atomic E-state index is 0.219. The predicted molar refractivity (Wildman–Crippen MR) is 106 cm³/mol. The highest BCUT2D eigenvalue weighted by molar-refractivity contribution is 9.11. The van der Waals surface area contributed by atoms with Crippen LogP contribution in [0.25, 0.3) is 11.0 Å². The summed E-state index contributed by atoms with van der Waals surface area (Å²) in [5.41, 5.74) is 3.05. The molecular weight excluding hydrogens is 434 g/mol. The van der Waals surface area contributed by atoms with Crippen LogP contribution >= 0.6 is 31.9 Å². The summed E-state index contributed by atoms with van der Waals surface area (Å²) in [6.07, 6.45) is 3.19. The molecule has 126 valence electrons. The van der Waals surface area contributed by atoms with Gasteiger partial charge in [-0.05, 0) is 56.5 Å². The minimum Gasteiger partial charge on any atom is -0.508 e. The molecule has 0 aliphatic rings. The molecule has 0 aliphatic carbocycles. The maximum Gasteiger partial charge on any atom is 0.134 e. The van der Waals surface area contributed by atoms with Gasteiger partial charge in [0.25, 0.3) is 0 Å². The fraction of sp³-hybridized carbons (Fsp3) is 0.263. The molecule has 5 heteroatoms. The highest BCUT2D eigenvalue weighted by Crippen LogP contribution is 2.36. The van der Waals surface area contributed by atoms with Crippen molar-refractivity contribution < 1.29 is 9.52 Å². The Bertz CT molecular complexity index is 835. The number of hydrogen-bond acceptors (Lipinski definition) is 3. The van der Waals surface area contributed by atoms with E-state index in [9.17, 15) is 5.11 Å². The molecule has 0 radical (unpaired) electrons. The van der Waals surface area contributed by atoms with Crippen LogP contribution in [0, 0.1) is 0 Å². The summed E-state index contributed by atoms with van der Waals surface area (Å²) in [5, 5.41) is 14.3. The van der Waals surface area contributed by atoms with Gasteiger partial charge < -0.3 is 14.8 Å². The monoisotopic (exact) mass is 451 g/mol. The molecule has 24 heavy (non-hydrogen) atoms. The Morgan fingerprint density at radius 2 is 1.83 bits per heavy atom. The van der Waals surface area contributed by atoms with E-state index in [2.05, 4.69) is 50.2 Å². The second kappa shape index (κ2) is 7.62. The number of aryl methyl sites for hydroxylation is 1. The molecule has 3 nitrogen and oxygen atoms in total. The largest absolute Gasteiger partial charge is 0.508 e. The summed E-state index contributed by atoms with van der Waals surface area (Å²) < 4.78 is 7.70. The topological polar surface area (TPSA) is 45.4 Å². The first-order chi connectivity index (χ1) is 11.6. The first-order valence-corrected chi connectivity index (χ1v) is 9.60. The molecule has 3 rings (SSSR count). The molecular formula is C19H19Br2NO2. The Hall–Kier alpha value is -1.46. The lowest BCUT2D eigenvalue weighted by atomic mass is 10.1. The fourth-order valence-electron chi connectivity index (χ4n) is 2.79. The second-order valence-electron chi connectivity index (χ2n) is 5.74. The molecule has 2 aromatic carbocycles. The van der Waals surface area contributed by atoms with Crippen molar-refractivity contribution >= 4 is 48.5 Å². The van der Waals surface area contributed by atoms with E-state index in [-0.39, 0.29) is 5.75 Å². The number of furan rings is 1. The molecule has 3 aromatic rings.